The van der Waals surface area contributed by atoms with Crippen LogP contribution in [0.3, 0.4) is 0 Å². The molecular formula is C12H12N2O4S. The van der Waals surface area contributed by atoms with E-state index in [1.54, 1.807) is 6.92 Å². The molecule has 0 atom stereocenters. The van der Waals surface area contributed by atoms with Crippen LogP contribution in [0.5, 0.6) is 0 Å². The lowest BCUT2D eigenvalue weighted by molar-refractivity contribution is -0.137. The highest BCUT2D eigenvalue weighted by Gasteiger charge is 2.28. The minimum absolute atomic E-state index is 0.00960. The Morgan fingerprint density at radius 2 is 1.74 bits per heavy atom. The van der Waals surface area contributed by atoms with Gasteiger partial charge in [0.25, 0.3) is 11.8 Å². The lowest BCUT2D eigenvalue weighted by Gasteiger charge is -2.14. The molecule has 0 aromatic heterocycles. The molecule has 6 nitrogen and oxygen atoms in total. The normalized spacial score (nSPS) is 15.9. The largest absolute Gasteiger partial charge is 0.271 e. The van der Waals surface area contributed by atoms with Crippen molar-refractivity contribution in [3.05, 3.63) is 41.5 Å². The molecule has 0 spiro atoms. The second-order valence-corrected chi connectivity index (χ2v) is 5.81. The van der Waals surface area contributed by atoms with Crippen LogP contribution in [0.2, 0.25) is 0 Å². The molecule has 7 heteroatoms. The fraction of sp³-hybridized carbons (Fsp3) is 0.167. The van der Waals surface area contributed by atoms with Gasteiger partial charge in [-0.25, -0.2) is 13.6 Å². The maximum absolute atomic E-state index is 11.7. The van der Waals surface area contributed by atoms with E-state index in [1.807, 2.05) is 0 Å². The van der Waals surface area contributed by atoms with Gasteiger partial charge in [0.15, 0.2) is 0 Å². The lowest BCUT2D eigenvalue weighted by Crippen LogP contribution is -2.30. The fourth-order valence-corrected chi connectivity index (χ4v) is 2.27. The summed E-state index contributed by atoms with van der Waals surface area (Å²) in [6.07, 6.45) is 1.28. The number of sulfonamides is 1. The molecule has 1 aliphatic heterocycles. The lowest BCUT2D eigenvalue weighted by atomic mass is 10.2. The van der Waals surface area contributed by atoms with Crippen molar-refractivity contribution in [3.8, 4) is 0 Å². The van der Waals surface area contributed by atoms with Gasteiger partial charge >= 0.3 is 0 Å². The summed E-state index contributed by atoms with van der Waals surface area (Å²) < 4.78 is 22.2. The summed E-state index contributed by atoms with van der Waals surface area (Å²) in [5.74, 6) is -0.696. The number of imide groups is 1. The van der Waals surface area contributed by atoms with Crippen LogP contribution in [0.25, 0.3) is 0 Å². The summed E-state index contributed by atoms with van der Waals surface area (Å²) in [4.78, 5) is 24.3. The fourth-order valence-electron chi connectivity index (χ4n) is 1.75. The van der Waals surface area contributed by atoms with Gasteiger partial charge in [-0.3, -0.25) is 14.5 Å². The number of carbonyl (C=O) groups excluding carboxylic acids is 2. The van der Waals surface area contributed by atoms with Gasteiger partial charge in [-0.15, -0.1) is 0 Å². The molecule has 0 radical (unpaired) electrons. The second-order valence-electron chi connectivity index (χ2n) is 4.25. The Balaban J connectivity index is 2.18. The molecule has 2 N–H and O–H groups in total. The number of hydrogen-bond acceptors (Lipinski definition) is 4. The second kappa shape index (κ2) is 4.60. The zero-order valence-electron chi connectivity index (χ0n) is 10.2. The average Bonchev–Trinajstić information content (AvgIpc) is 2.56. The van der Waals surface area contributed by atoms with Crippen molar-refractivity contribution in [2.24, 2.45) is 5.14 Å². The number of amides is 2. The van der Waals surface area contributed by atoms with E-state index in [0.29, 0.717) is 11.1 Å². The average molecular weight is 280 g/mol. The number of nitrogens with two attached hydrogens (primary N) is 1. The number of hydrogen-bond donors (Lipinski definition) is 1. The number of nitrogens with zero attached hydrogens (tertiary/aromatic N) is 1. The molecule has 0 saturated carbocycles. The van der Waals surface area contributed by atoms with Crippen LogP contribution in [0.15, 0.2) is 40.8 Å². The summed E-state index contributed by atoms with van der Waals surface area (Å²) in [5, 5.41) is 4.98. The zero-order chi connectivity index (χ0) is 14.2. The summed E-state index contributed by atoms with van der Waals surface area (Å²) in [6, 6.07) is 5.73. The van der Waals surface area contributed by atoms with Gasteiger partial charge in [0.2, 0.25) is 10.0 Å². The highest BCUT2D eigenvalue weighted by atomic mass is 32.2. The Labute approximate surface area is 110 Å². The van der Waals surface area contributed by atoms with Crippen LogP contribution in [0, 0.1) is 0 Å². The summed E-state index contributed by atoms with van der Waals surface area (Å²) >= 11 is 0. The first-order valence-corrected chi connectivity index (χ1v) is 6.99. The van der Waals surface area contributed by atoms with Gasteiger partial charge in [-0.1, -0.05) is 12.1 Å². The molecule has 2 amide bonds. The first-order valence-electron chi connectivity index (χ1n) is 5.45. The molecule has 2 rings (SSSR count). The molecule has 0 saturated heterocycles. The maximum Gasteiger partial charge on any atom is 0.256 e. The summed E-state index contributed by atoms with van der Waals surface area (Å²) in [6.45, 7) is 1.68. The molecule has 100 valence electrons. The Morgan fingerprint density at radius 3 is 2.16 bits per heavy atom. The first kappa shape index (κ1) is 13.4. The summed E-state index contributed by atoms with van der Waals surface area (Å²) in [5.41, 5.74) is 1.04. The van der Waals surface area contributed by atoms with E-state index in [9.17, 15) is 18.0 Å². The third kappa shape index (κ3) is 2.72. The molecule has 0 unspecified atom stereocenters. The SMILES string of the molecule is CC1=CC(=O)N(Cc2ccc(S(N)(=O)=O)cc2)C1=O. The third-order valence-corrected chi connectivity index (χ3v) is 3.71. The van der Waals surface area contributed by atoms with E-state index in [1.165, 1.54) is 30.3 Å². The van der Waals surface area contributed by atoms with Crippen LogP contribution >= 0.6 is 0 Å². The zero-order valence-corrected chi connectivity index (χ0v) is 11.0. The Bertz CT molecular complexity index is 674. The van der Waals surface area contributed by atoms with Gasteiger partial charge in [-0.05, 0) is 24.6 Å². The number of carbonyl (C=O) groups is 2. The molecule has 1 aromatic carbocycles. The van der Waals surface area contributed by atoms with Crippen LogP contribution < -0.4 is 5.14 Å². The number of rotatable bonds is 3. The Kier molecular flexibility index (Phi) is 3.25. The standard InChI is InChI=1S/C12H12N2O4S/c1-8-6-11(15)14(12(8)16)7-9-2-4-10(5-3-9)19(13,17)18/h2-6H,7H2,1H3,(H2,13,17,18). The van der Waals surface area contributed by atoms with Crippen LogP contribution in [-0.4, -0.2) is 25.1 Å². The summed E-state index contributed by atoms with van der Waals surface area (Å²) in [7, 11) is -3.73. The van der Waals surface area contributed by atoms with Crippen molar-refractivity contribution in [1.29, 1.82) is 0 Å². The molecule has 19 heavy (non-hydrogen) atoms. The Morgan fingerprint density at radius 1 is 1.16 bits per heavy atom. The van der Waals surface area contributed by atoms with E-state index in [2.05, 4.69) is 0 Å². The van der Waals surface area contributed by atoms with E-state index >= 15 is 0 Å². The van der Waals surface area contributed by atoms with Crippen LogP contribution in [0.1, 0.15) is 12.5 Å². The molecular weight excluding hydrogens is 268 g/mol. The van der Waals surface area contributed by atoms with Gasteiger partial charge < -0.3 is 0 Å². The van der Waals surface area contributed by atoms with E-state index in [0.717, 1.165) is 4.90 Å². The molecule has 1 aromatic rings. The van der Waals surface area contributed by atoms with Crippen molar-refractivity contribution >= 4 is 21.8 Å². The van der Waals surface area contributed by atoms with Crippen molar-refractivity contribution in [2.45, 2.75) is 18.4 Å². The minimum atomic E-state index is -3.73. The van der Waals surface area contributed by atoms with Crippen LogP contribution in [0.4, 0.5) is 0 Å². The molecule has 1 heterocycles. The van der Waals surface area contributed by atoms with Crippen molar-refractivity contribution < 1.29 is 18.0 Å². The minimum Gasteiger partial charge on any atom is -0.271 e. The van der Waals surface area contributed by atoms with Gasteiger partial charge in [0, 0.05) is 11.6 Å². The number of primary sulfonamides is 1. The van der Waals surface area contributed by atoms with Crippen LogP contribution in [-0.2, 0) is 26.2 Å². The maximum atomic E-state index is 11.7. The highest BCUT2D eigenvalue weighted by molar-refractivity contribution is 7.89. The van der Waals surface area contributed by atoms with E-state index < -0.39 is 10.0 Å². The van der Waals surface area contributed by atoms with E-state index in [-0.39, 0.29) is 23.3 Å². The third-order valence-electron chi connectivity index (χ3n) is 2.78. The van der Waals surface area contributed by atoms with Gasteiger partial charge in [0.1, 0.15) is 0 Å². The topological polar surface area (TPSA) is 97.5 Å². The molecule has 0 aliphatic carbocycles. The van der Waals surface area contributed by atoms with Crippen molar-refractivity contribution in [3.63, 3.8) is 0 Å². The number of benzene rings is 1. The predicted octanol–water partition coefficient (Wildman–Crippen LogP) is 0.149. The smallest absolute Gasteiger partial charge is 0.256 e. The molecule has 1 aliphatic rings. The first-order chi connectivity index (χ1) is 8.79. The predicted molar refractivity (Wildman–Crippen MR) is 67.1 cm³/mol. The van der Waals surface area contributed by atoms with Crippen molar-refractivity contribution in [1.82, 2.24) is 4.90 Å². The Hall–Kier alpha value is -1.99. The van der Waals surface area contributed by atoms with Gasteiger partial charge in [0.05, 0.1) is 11.4 Å². The van der Waals surface area contributed by atoms with Gasteiger partial charge in [-0.2, -0.15) is 0 Å². The highest BCUT2D eigenvalue weighted by Crippen LogP contribution is 2.17. The monoisotopic (exact) mass is 280 g/mol. The quantitative estimate of drug-likeness (QED) is 0.797. The molecule has 0 bridgehead atoms. The van der Waals surface area contributed by atoms with Crippen molar-refractivity contribution in [2.75, 3.05) is 0 Å². The van der Waals surface area contributed by atoms with E-state index in [4.69, 9.17) is 5.14 Å². The molecule has 0 fully saturated rings.